The van der Waals surface area contributed by atoms with Gasteiger partial charge in [0.2, 0.25) is 0 Å². The molecule has 1 aliphatic rings. The van der Waals surface area contributed by atoms with Crippen LogP contribution in [0.2, 0.25) is 0 Å². The third kappa shape index (κ3) is 2.87. The molecule has 3 N–H and O–H groups in total. The van der Waals surface area contributed by atoms with Gasteiger partial charge in [0.05, 0.1) is 11.4 Å². The molecule has 0 atom stereocenters. The minimum absolute atomic E-state index is 0.274. The highest BCUT2D eigenvalue weighted by molar-refractivity contribution is 5.66. The summed E-state index contributed by atoms with van der Waals surface area (Å²) in [6.07, 6.45) is 7.60. The van der Waals surface area contributed by atoms with Crippen LogP contribution < -0.4 is 11.1 Å². The molecule has 1 aromatic carbocycles. The van der Waals surface area contributed by atoms with Crippen molar-refractivity contribution in [2.45, 2.75) is 44.6 Å². The molecule has 0 amide bonds. The van der Waals surface area contributed by atoms with Crippen LogP contribution in [0.4, 0.5) is 15.8 Å². The Morgan fingerprint density at radius 2 is 1.81 bits per heavy atom. The van der Waals surface area contributed by atoms with E-state index in [4.69, 9.17) is 5.73 Å². The van der Waals surface area contributed by atoms with Gasteiger partial charge >= 0.3 is 0 Å². The number of hydrogen-bond donors (Lipinski definition) is 2. The lowest BCUT2D eigenvalue weighted by molar-refractivity contribution is 0.617. The normalized spacial score (nSPS) is 18.1. The van der Waals surface area contributed by atoms with E-state index in [1.807, 2.05) is 0 Å². The highest BCUT2D eigenvalue weighted by Gasteiger charge is 2.12. The smallest absolute Gasteiger partial charge is 0.125 e. The van der Waals surface area contributed by atoms with Crippen molar-refractivity contribution in [3.63, 3.8) is 0 Å². The van der Waals surface area contributed by atoms with Crippen LogP contribution in [0.1, 0.15) is 38.5 Å². The van der Waals surface area contributed by atoms with E-state index in [1.165, 1.54) is 50.7 Å². The summed E-state index contributed by atoms with van der Waals surface area (Å²) < 4.78 is 12.9. The zero-order chi connectivity index (χ0) is 11.4. The van der Waals surface area contributed by atoms with Crippen molar-refractivity contribution in [3.8, 4) is 0 Å². The highest BCUT2D eigenvalue weighted by Crippen LogP contribution is 2.25. The lowest BCUT2D eigenvalue weighted by Crippen LogP contribution is -2.19. The first kappa shape index (κ1) is 11.2. The van der Waals surface area contributed by atoms with Crippen LogP contribution in [0, 0.1) is 5.82 Å². The van der Waals surface area contributed by atoms with Crippen molar-refractivity contribution in [2.24, 2.45) is 0 Å². The van der Waals surface area contributed by atoms with Crippen molar-refractivity contribution in [1.29, 1.82) is 0 Å². The van der Waals surface area contributed by atoms with Crippen molar-refractivity contribution in [3.05, 3.63) is 24.0 Å². The van der Waals surface area contributed by atoms with Crippen LogP contribution in [0.25, 0.3) is 0 Å². The molecule has 0 radical (unpaired) electrons. The molecule has 0 heterocycles. The molecule has 3 heteroatoms. The molecule has 0 bridgehead atoms. The average Bonchev–Trinajstić information content (AvgIpc) is 2.51. The highest BCUT2D eigenvalue weighted by atomic mass is 19.1. The van der Waals surface area contributed by atoms with Crippen LogP contribution in [-0.2, 0) is 0 Å². The second-order valence-electron chi connectivity index (χ2n) is 4.56. The maximum absolute atomic E-state index is 12.9. The van der Waals surface area contributed by atoms with Gasteiger partial charge in [0.1, 0.15) is 5.82 Å². The van der Waals surface area contributed by atoms with Crippen LogP contribution in [0.5, 0.6) is 0 Å². The van der Waals surface area contributed by atoms with Crippen LogP contribution in [-0.4, -0.2) is 6.04 Å². The summed E-state index contributed by atoms with van der Waals surface area (Å²) in [6, 6.07) is 5.06. The standard InChI is InChI=1S/C13H19FN2/c14-10-7-8-13(12(15)9-10)16-11-5-3-1-2-4-6-11/h7-9,11,16H,1-6,15H2. The molecule has 0 unspecified atom stereocenters. The first-order valence-electron chi connectivity index (χ1n) is 6.07. The summed E-state index contributed by atoms with van der Waals surface area (Å²) in [5, 5.41) is 3.42. The van der Waals surface area contributed by atoms with Gasteiger partial charge in [-0.2, -0.15) is 0 Å². The molecule has 0 aromatic heterocycles. The number of nitrogen functional groups attached to an aromatic ring is 1. The lowest BCUT2D eigenvalue weighted by atomic mass is 10.1. The number of rotatable bonds is 2. The molecular weight excluding hydrogens is 203 g/mol. The molecule has 2 nitrogen and oxygen atoms in total. The number of halogens is 1. The Kier molecular flexibility index (Phi) is 3.65. The van der Waals surface area contributed by atoms with E-state index in [0.717, 1.165) is 5.69 Å². The third-order valence-electron chi connectivity index (χ3n) is 3.23. The molecule has 0 saturated heterocycles. The molecule has 1 aliphatic carbocycles. The summed E-state index contributed by atoms with van der Waals surface area (Å²) in [5.74, 6) is -0.274. The summed E-state index contributed by atoms with van der Waals surface area (Å²) in [4.78, 5) is 0. The number of nitrogens with two attached hydrogens (primary N) is 1. The molecule has 2 rings (SSSR count). The second-order valence-corrected chi connectivity index (χ2v) is 4.56. The topological polar surface area (TPSA) is 38.0 Å². The number of nitrogens with one attached hydrogen (secondary N) is 1. The maximum Gasteiger partial charge on any atom is 0.125 e. The van der Waals surface area contributed by atoms with Gasteiger partial charge in [0.25, 0.3) is 0 Å². The van der Waals surface area contributed by atoms with E-state index in [2.05, 4.69) is 5.32 Å². The van der Waals surface area contributed by atoms with Gasteiger partial charge in [-0.3, -0.25) is 0 Å². The average molecular weight is 222 g/mol. The van der Waals surface area contributed by atoms with Crippen molar-refractivity contribution in [2.75, 3.05) is 11.1 Å². The molecule has 1 fully saturated rings. The van der Waals surface area contributed by atoms with E-state index in [-0.39, 0.29) is 5.82 Å². The van der Waals surface area contributed by atoms with Crippen molar-refractivity contribution >= 4 is 11.4 Å². The van der Waals surface area contributed by atoms with E-state index in [9.17, 15) is 4.39 Å². The predicted octanol–water partition coefficient (Wildman–Crippen LogP) is 3.54. The van der Waals surface area contributed by atoms with Crippen LogP contribution >= 0.6 is 0 Å². The Bertz CT molecular complexity index is 344. The summed E-state index contributed by atoms with van der Waals surface area (Å²) >= 11 is 0. The van der Waals surface area contributed by atoms with Gasteiger partial charge in [-0.1, -0.05) is 25.7 Å². The molecule has 88 valence electrons. The molecule has 0 spiro atoms. The zero-order valence-electron chi connectivity index (χ0n) is 9.51. The largest absolute Gasteiger partial charge is 0.397 e. The summed E-state index contributed by atoms with van der Waals surface area (Å²) in [5.41, 5.74) is 7.15. The summed E-state index contributed by atoms with van der Waals surface area (Å²) in [7, 11) is 0. The number of hydrogen-bond acceptors (Lipinski definition) is 2. The Hall–Kier alpha value is -1.25. The fourth-order valence-corrected chi connectivity index (χ4v) is 2.31. The van der Waals surface area contributed by atoms with E-state index in [1.54, 1.807) is 6.07 Å². The minimum Gasteiger partial charge on any atom is -0.397 e. The van der Waals surface area contributed by atoms with E-state index >= 15 is 0 Å². The third-order valence-corrected chi connectivity index (χ3v) is 3.23. The van der Waals surface area contributed by atoms with Gasteiger partial charge in [0, 0.05) is 6.04 Å². The van der Waals surface area contributed by atoms with Crippen LogP contribution in [0.3, 0.4) is 0 Å². The van der Waals surface area contributed by atoms with Gasteiger partial charge in [-0.05, 0) is 31.0 Å². The second kappa shape index (κ2) is 5.19. The quantitative estimate of drug-likeness (QED) is 0.593. The fourth-order valence-electron chi connectivity index (χ4n) is 2.31. The first-order chi connectivity index (χ1) is 7.75. The lowest BCUT2D eigenvalue weighted by Gasteiger charge is -2.18. The Morgan fingerprint density at radius 3 is 2.44 bits per heavy atom. The summed E-state index contributed by atoms with van der Waals surface area (Å²) in [6.45, 7) is 0. The monoisotopic (exact) mass is 222 g/mol. The number of anilines is 2. The Labute approximate surface area is 96.0 Å². The van der Waals surface area contributed by atoms with Crippen LogP contribution in [0.15, 0.2) is 18.2 Å². The molecule has 1 saturated carbocycles. The minimum atomic E-state index is -0.274. The van der Waals surface area contributed by atoms with E-state index in [0.29, 0.717) is 11.7 Å². The fraction of sp³-hybridized carbons (Fsp3) is 0.538. The Morgan fingerprint density at radius 1 is 1.12 bits per heavy atom. The van der Waals surface area contributed by atoms with Crippen molar-refractivity contribution in [1.82, 2.24) is 0 Å². The Balaban J connectivity index is 2.01. The van der Waals surface area contributed by atoms with Crippen molar-refractivity contribution < 1.29 is 4.39 Å². The molecule has 1 aromatic rings. The van der Waals surface area contributed by atoms with Gasteiger partial charge in [-0.25, -0.2) is 4.39 Å². The molecule has 0 aliphatic heterocycles. The predicted molar refractivity (Wildman–Crippen MR) is 65.9 cm³/mol. The van der Waals surface area contributed by atoms with Gasteiger partial charge < -0.3 is 11.1 Å². The van der Waals surface area contributed by atoms with Gasteiger partial charge in [-0.15, -0.1) is 0 Å². The number of benzene rings is 1. The van der Waals surface area contributed by atoms with Gasteiger partial charge in [0.15, 0.2) is 0 Å². The maximum atomic E-state index is 12.9. The zero-order valence-corrected chi connectivity index (χ0v) is 9.51. The molecular formula is C13H19FN2. The van der Waals surface area contributed by atoms with E-state index < -0.39 is 0 Å². The molecule has 16 heavy (non-hydrogen) atoms. The SMILES string of the molecule is Nc1cc(F)ccc1NC1CCCCCC1. The first-order valence-corrected chi connectivity index (χ1v) is 6.07.